The van der Waals surface area contributed by atoms with Crippen molar-refractivity contribution in [3.8, 4) is 0 Å². The van der Waals surface area contributed by atoms with Gasteiger partial charge in [-0.05, 0) is 44.9 Å². The lowest BCUT2D eigenvalue weighted by Crippen LogP contribution is -2.53. The molecular weight excluding hydrogens is 851 g/mol. The van der Waals surface area contributed by atoms with Crippen molar-refractivity contribution in [3.05, 3.63) is 24.3 Å². The van der Waals surface area contributed by atoms with Crippen LogP contribution in [0.3, 0.4) is 0 Å². The van der Waals surface area contributed by atoms with Gasteiger partial charge in [0.15, 0.2) is 0 Å². The summed E-state index contributed by atoms with van der Waals surface area (Å²) in [5.74, 6) is -0.578. The third kappa shape index (κ3) is 51.5. The maximum absolute atomic E-state index is 12.6. The highest BCUT2D eigenvalue weighted by Gasteiger charge is 2.28. The Bertz CT molecular complexity index is 1050. The van der Waals surface area contributed by atoms with Crippen LogP contribution in [-0.2, 0) is 4.79 Å². The number of aliphatic hydroxyl groups excluding tert-OH is 4. The van der Waals surface area contributed by atoms with Gasteiger partial charge in [-0.2, -0.15) is 0 Å². The lowest BCUT2D eigenvalue weighted by Gasteiger charge is -2.27. The molecule has 410 valence electrons. The summed E-state index contributed by atoms with van der Waals surface area (Å²) in [5, 5.41) is 44.1. The number of rotatable bonds is 58. The van der Waals surface area contributed by atoms with Crippen molar-refractivity contribution >= 4 is 5.91 Å². The number of hydrogen-bond acceptors (Lipinski definition) is 5. The van der Waals surface area contributed by atoms with Gasteiger partial charge in [0.2, 0.25) is 5.91 Å². The fourth-order valence-electron chi connectivity index (χ4n) is 10.0. The van der Waals surface area contributed by atoms with Crippen molar-refractivity contribution in [1.82, 2.24) is 5.32 Å². The molecule has 69 heavy (non-hydrogen) atoms. The van der Waals surface area contributed by atoms with E-state index in [0.29, 0.717) is 12.8 Å². The zero-order valence-electron chi connectivity index (χ0n) is 46.6. The highest BCUT2D eigenvalue weighted by Crippen LogP contribution is 2.19. The minimum absolute atomic E-state index is 0.372. The van der Waals surface area contributed by atoms with Crippen LogP contribution in [-0.4, -0.2) is 57.3 Å². The summed E-state index contributed by atoms with van der Waals surface area (Å²) in [6, 6.07) is -0.984. The molecule has 0 aromatic rings. The first-order valence-corrected chi connectivity index (χ1v) is 31.2. The van der Waals surface area contributed by atoms with Crippen LogP contribution in [0.15, 0.2) is 24.3 Å². The smallest absolute Gasteiger partial charge is 0.249 e. The quantitative estimate of drug-likeness (QED) is 0.0308. The second kappa shape index (κ2) is 57.7. The molecule has 1 amide bonds. The first kappa shape index (κ1) is 67.8. The summed E-state index contributed by atoms with van der Waals surface area (Å²) >= 11 is 0. The molecule has 0 radical (unpaired) electrons. The normalized spacial score (nSPS) is 13.8. The lowest BCUT2D eigenvalue weighted by atomic mass is 9.99. The molecule has 0 fully saturated rings. The van der Waals surface area contributed by atoms with E-state index in [4.69, 9.17) is 0 Å². The average Bonchev–Trinajstić information content (AvgIpc) is 3.35. The molecule has 4 unspecified atom stereocenters. The molecule has 6 nitrogen and oxygen atoms in total. The minimum Gasteiger partial charge on any atom is -0.394 e. The van der Waals surface area contributed by atoms with Crippen LogP contribution in [0.4, 0.5) is 0 Å². The van der Waals surface area contributed by atoms with Gasteiger partial charge in [-0.15, -0.1) is 0 Å². The number of hydrogen-bond donors (Lipinski definition) is 5. The summed E-state index contributed by atoms with van der Waals surface area (Å²) in [6.45, 7) is 4.10. The molecule has 0 rings (SSSR count). The Morgan fingerprint density at radius 3 is 0.913 bits per heavy atom. The predicted molar refractivity (Wildman–Crippen MR) is 302 cm³/mol. The Labute approximate surface area is 431 Å². The SMILES string of the molecule is CCCCCCCCCCC/C=C\C/C=C\CCCCCCCCCCCCCCCCCCC(O)C(=O)NC(CO)C(O)C(O)CCCCCCCCCCCCCCCCCCCCCCC. The molecule has 4 atom stereocenters. The van der Waals surface area contributed by atoms with E-state index in [-0.39, 0.29) is 0 Å². The van der Waals surface area contributed by atoms with Crippen molar-refractivity contribution in [2.45, 2.75) is 366 Å². The molecule has 0 heterocycles. The van der Waals surface area contributed by atoms with E-state index in [1.165, 1.54) is 270 Å². The first-order valence-electron chi connectivity index (χ1n) is 31.2. The van der Waals surface area contributed by atoms with Crippen molar-refractivity contribution in [2.24, 2.45) is 0 Å². The summed E-state index contributed by atoms with van der Waals surface area (Å²) in [4.78, 5) is 12.6. The van der Waals surface area contributed by atoms with Gasteiger partial charge in [-0.25, -0.2) is 0 Å². The van der Waals surface area contributed by atoms with E-state index in [9.17, 15) is 25.2 Å². The second-order valence-corrected chi connectivity index (χ2v) is 21.8. The molecule has 6 heteroatoms. The standard InChI is InChI=1S/C63H123NO5/c1-3-5-7-9-11-13-15-17-19-21-23-25-26-27-28-29-30-31-32-33-34-35-37-39-41-43-45-47-49-51-53-55-57-61(67)63(69)64-59(58-65)62(68)60(66)56-54-52-50-48-46-44-42-40-38-36-24-22-20-18-16-14-12-10-8-6-4-2/h23,25,27-28,59-62,65-68H,3-22,24,26,29-58H2,1-2H3,(H,64,69)/b25-23-,28-27-. The summed E-state index contributed by atoms with van der Waals surface area (Å²) < 4.78 is 0. The molecule has 5 N–H and O–H groups in total. The maximum Gasteiger partial charge on any atom is 0.249 e. The van der Waals surface area contributed by atoms with E-state index in [0.717, 1.165) is 44.9 Å². The predicted octanol–water partition coefficient (Wildman–Crippen LogP) is 18.6. The monoisotopic (exact) mass is 974 g/mol. The third-order valence-electron chi connectivity index (χ3n) is 14.9. The van der Waals surface area contributed by atoms with Gasteiger partial charge in [0.1, 0.15) is 12.2 Å². The molecule has 0 bridgehead atoms. The topological polar surface area (TPSA) is 110 Å². The van der Waals surface area contributed by atoms with Crippen LogP contribution >= 0.6 is 0 Å². The molecular formula is C63H123NO5. The number of nitrogens with one attached hydrogen (secondary N) is 1. The summed E-state index contributed by atoms with van der Waals surface area (Å²) in [7, 11) is 0. The molecule has 0 aromatic carbocycles. The Morgan fingerprint density at radius 2 is 0.623 bits per heavy atom. The fraction of sp³-hybridized carbons (Fsp3) is 0.921. The summed E-state index contributed by atoms with van der Waals surface area (Å²) in [6.07, 6.45) is 71.2. The minimum atomic E-state index is -1.26. The van der Waals surface area contributed by atoms with Gasteiger partial charge in [0.05, 0.1) is 18.8 Å². The molecule has 0 aliphatic heterocycles. The van der Waals surface area contributed by atoms with E-state index < -0.39 is 36.9 Å². The van der Waals surface area contributed by atoms with E-state index in [1.807, 2.05) is 0 Å². The fourth-order valence-corrected chi connectivity index (χ4v) is 10.0. The van der Waals surface area contributed by atoms with Gasteiger partial charge < -0.3 is 25.7 Å². The number of amides is 1. The maximum atomic E-state index is 12.6. The van der Waals surface area contributed by atoms with Crippen LogP contribution in [0.1, 0.15) is 341 Å². The number of aliphatic hydroxyl groups is 4. The van der Waals surface area contributed by atoms with Gasteiger partial charge in [0, 0.05) is 0 Å². The molecule has 0 saturated carbocycles. The van der Waals surface area contributed by atoms with Crippen LogP contribution in [0, 0.1) is 0 Å². The Kier molecular flexibility index (Phi) is 56.7. The Morgan fingerprint density at radius 1 is 0.362 bits per heavy atom. The first-order chi connectivity index (χ1) is 34.0. The van der Waals surface area contributed by atoms with Crippen molar-refractivity contribution in [3.63, 3.8) is 0 Å². The third-order valence-corrected chi connectivity index (χ3v) is 14.9. The molecule has 0 saturated heterocycles. The van der Waals surface area contributed by atoms with Crippen LogP contribution < -0.4 is 5.32 Å². The molecule has 0 aromatic heterocycles. The van der Waals surface area contributed by atoms with E-state index in [2.05, 4.69) is 43.5 Å². The summed E-state index contributed by atoms with van der Waals surface area (Å²) in [5.41, 5.74) is 0. The average molecular weight is 975 g/mol. The van der Waals surface area contributed by atoms with Crippen molar-refractivity contribution in [2.75, 3.05) is 6.61 Å². The second-order valence-electron chi connectivity index (χ2n) is 21.8. The van der Waals surface area contributed by atoms with Crippen LogP contribution in [0.5, 0.6) is 0 Å². The zero-order chi connectivity index (χ0) is 50.2. The number of carbonyl (C=O) groups excluding carboxylic acids is 1. The number of carbonyl (C=O) groups is 1. The number of allylic oxidation sites excluding steroid dienone is 4. The molecule has 0 aliphatic carbocycles. The molecule has 0 aliphatic rings. The van der Waals surface area contributed by atoms with Crippen LogP contribution in [0.2, 0.25) is 0 Å². The van der Waals surface area contributed by atoms with Gasteiger partial charge >= 0.3 is 0 Å². The lowest BCUT2D eigenvalue weighted by molar-refractivity contribution is -0.132. The Balaban J connectivity index is 3.57. The van der Waals surface area contributed by atoms with E-state index >= 15 is 0 Å². The van der Waals surface area contributed by atoms with Gasteiger partial charge in [0.25, 0.3) is 0 Å². The highest BCUT2D eigenvalue weighted by molar-refractivity contribution is 5.80. The molecule has 0 spiro atoms. The van der Waals surface area contributed by atoms with Gasteiger partial charge in [-0.1, -0.05) is 321 Å². The Hall–Kier alpha value is -1.21. The zero-order valence-corrected chi connectivity index (χ0v) is 46.6. The van der Waals surface area contributed by atoms with Crippen molar-refractivity contribution in [1.29, 1.82) is 0 Å². The van der Waals surface area contributed by atoms with Crippen molar-refractivity contribution < 1.29 is 25.2 Å². The highest BCUT2D eigenvalue weighted by atomic mass is 16.3. The van der Waals surface area contributed by atoms with E-state index in [1.54, 1.807) is 0 Å². The van der Waals surface area contributed by atoms with Gasteiger partial charge in [-0.3, -0.25) is 4.79 Å². The number of unbranched alkanes of at least 4 members (excludes halogenated alkanes) is 45. The van der Waals surface area contributed by atoms with Crippen LogP contribution in [0.25, 0.3) is 0 Å². The largest absolute Gasteiger partial charge is 0.394 e.